The van der Waals surface area contributed by atoms with Crippen LogP contribution in [-0.4, -0.2) is 40.8 Å². The van der Waals surface area contributed by atoms with Crippen LogP contribution >= 0.6 is 0 Å². The van der Waals surface area contributed by atoms with E-state index >= 15 is 0 Å². The Bertz CT molecular complexity index is 1660. The van der Waals surface area contributed by atoms with Crippen LogP contribution < -0.4 is 16.0 Å². The van der Waals surface area contributed by atoms with E-state index in [1.807, 2.05) is 89.8 Å². The average Bonchev–Trinajstić information content (AvgIpc) is 2.94. The molecule has 36 heavy (non-hydrogen) atoms. The summed E-state index contributed by atoms with van der Waals surface area (Å²) in [5.41, 5.74) is 1.58. The van der Waals surface area contributed by atoms with Gasteiger partial charge in [0.25, 0.3) is 11.1 Å². The van der Waals surface area contributed by atoms with E-state index in [0.29, 0.717) is 48.6 Å². The van der Waals surface area contributed by atoms with Gasteiger partial charge in [-0.05, 0) is 24.3 Å². The summed E-state index contributed by atoms with van der Waals surface area (Å²) in [5.74, 6) is 0.261. The SMILES string of the molecule is O=c1nc(N2CCOCC2)oc(-c2ccccc2)c1-c1nc2ccccc2n(-c2ccccc2)c1=O. The molecule has 1 aliphatic rings. The number of morpholine rings is 1. The summed E-state index contributed by atoms with van der Waals surface area (Å²) in [6, 6.07) is 26.1. The second-order valence-corrected chi connectivity index (χ2v) is 8.40. The molecule has 0 spiro atoms. The summed E-state index contributed by atoms with van der Waals surface area (Å²) in [4.78, 5) is 38.3. The number of ether oxygens (including phenoxy) is 1. The van der Waals surface area contributed by atoms with Gasteiger partial charge in [0, 0.05) is 24.3 Å². The molecule has 0 atom stereocenters. The zero-order valence-electron chi connectivity index (χ0n) is 19.3. The van der Waals surface area contributed by atoms with Gasteiger partial charge in [-0.1, -0.05) is 60.7 Å². The van der Waals surface area contributed by atoms with Gasteiger partial charge in [0.15, 0.2) is 5.76 Å². The van der Waals surface area contributed by atoms with Gasteiger partial charge in [-0.2, -0.15) is 4.98 Å². The second-order valence-electron chi connectivity index (χ2n) is 8.40. The number of benzene rings is 3. The van der Waals surface area contributed by atoms with E-state index in [9.17, 15) is 9.59 Å². The molecule has 8 heteroatoms. The maximum Gasteiger partial charge on any atom is 0.301 e. The van der Waals surface area contributed by atoms with Crippen LogP contribution in [0, 0.1) is 0 Å². The van der Waals surface area contributed by atoms with Crippen LogP contribution in [0.3, 0.4) is 0 Å². The lowest BCUT2D eigenvalue weighted by atomic mass is 10.1. The van der Waals surface area contributed by atoms with Gasteiger partial charge in [0.05, 0.1) is 24.2 Å². The van der Waals surface area contributed by atoms with Gasteiger partial charge in [-0.25, -0.2) is 4.98 Å². The zero-order chi connectivity index (χ0) is 24.5. The molecule has 178 valence electrons. The first-order chi connectivity index (χ1) is 17.7. The molecule has 6 rings (SSSR count). The van der Waals surface area contributed by atoms with E-state index in [-0.39, 0.29) is 23.0 Å². The molecule has 0 aliphatic carbocycles. The summed E-state index contributed by atoms with van der Waals surface area (Å²) >= 11 is 0. The zero-order valence-corrected chi connectivity index (χ0v) is 19.3. The van der Waals surface area contributed by atoms with Crippen molar-refractivity contribution in [3.05, 3.63) is 106 Å². The van der Waals surface area contributed by atoms with Crippen LogP contribution in [0.4, 0.5) is 6.01 Å². The lowest BCUT2D eigenvalue weighted by Gasteiger charge is -2.26. The minimum absolute atomic E-state index is 0.00816. The normalized spacial score (nSPS) is 13.7. The van der Waals surface area contributed by atoms with Crippen molar-refractivity contribution >= 4 is 17.0 Å². The van der Waals surface area contributed by atoms with Crippen LogP contribution in [0.2, 0.25) is 0 Å². The van der Waals surface area contributed by atoms with E-state index in [4.69, 9.17) is 9.15 Å². The fourth-order valence-electron chi connectivity index (χ4n) is 4.42. The highest BCUT2D eigenvalue weighted by atomic mass is 16.5. The number of nitrogens with zero attached hydrogens (tertiary/aromatic N) is 4. The van der Waals surface area contributed by atoms with Gasteiger partial charge in [0.1, 0.15) is 11.3 Å². The van der Waals surface area contributed by atoms with Gasteiger partial charge < -0.3 is 14.1 Å². The summed E-state index contributed by atoms with van der Waals surface area (Å²) in [5, 5.41) is 0. The first-order valence-corrected chi connectivity index (χ1v) is 11.7. The second kappa shape index (κ2) is 9.24. The predicted octanol–water partition coefficient (Wildman–Crippen LogP) is 3.90. The van der Waals surface area contributed by atoms with Crippen molar-refractivity contribution in [1.82, 2.24) is 14.5 Å². The third-order valence-electron chi connectivity index (χ3n) is 6.16. The van der Waals surface area contributed by atoms with Crippen molar-refractivity contribution in [1.29, 1.82) is 0 Å². The standard InChI is InChI=1S/C28H22N4O4/c33-26-23(25(19-9-3-1-4-10-19)36-28(30-26)31-15-17-35-18-16-31)24-27(34)32(20-11-5-2-6-12-20)22-14-8-7-13-21(22)29-24/h1-14H,15-18H2. The van der Waals surface area contributed by atoms with Crippen molar-refractivity contribution in [2.45, 2.75) is 0 Å². The number of aromatic nitrogens is 3. The molecule has 5 aromatic rings. The van der Waals surface area contributed by atoms with Gasteiger partial charge in [-0.15, -0.1) is 0 Å². The van der Waals surface area contributed by atoms with Crippen LogP contribution in [0.1, 0.15) is 0 Å². The van der Waals surface area contributed by atoms with E-state index in [0.717, 1.165) is 0 Å². The Balaban J connectivity index is 1.66. The molecular formula is C28H22N4O4. The summed E-state index contributed by atoms with van der Waals surface area (Å²) in [6.07, 6.45) is 0. The molecule has 0 unspecified atom stereocenters. The Morgan fingerprint density at radius 3 is 2.17 bits per heavy atom. The van der Waals surface area contributed by atoms with Crippen molar-refractivity contribution in [2.24, 2.45) is 0 Å². The highest BCUT2D eigenvalue weighted by Gasteiger charge is 2.26. The Morgan fingerprint density at radius 1 is 0.750 bits per heavy atom. The number of hydrogen-bond acceptors (Lipinski definition) is 7. The molecule has 1 aliphatic heterocycles. The fraction of sp³-hybridized carbons (Fsp3) is 0.143. The first-order valence-electron chi connectivity index (χ1n) is 11.7. The maximum absolute atomic E-state index is 14.0. The molecule has 2 aromatic heterocycles. The van der Waals surface area contributed by atoms with Crippen LogP contribution in [0.15, 0.2) is 98.9 Å². The molecule has 1 saturated heterocycles. The highest BCUT2D eigenvalue weighted by molar-refractivity contribution is 5.83. The Labute approximate surface area is 206 Å². The third-order valence-corrected chi connectivity index (χ3v) is 6.16. The molecule has 0 saturated carbocycles. The summed E-state index contributed by atoms with van der Waals surface area (Å²) in [6.45, 7) is 2.14. The Morgan fingerprint density at radius 2 is 1.42 bits per heavy atom. The van der Waals surface area contributed by atoms with Gasteiger partial charge in [0.2, 0.25) is 0 Å². The van der Waals surface area contributed by atoms with Crippen molar-refractivity contribution in [2.75, 3.05) is 31.2 Å². The Kier molecular flexibility index (Phi) is 5.63. The van der Waals surface area contributed by atoms with E-state index in [1.165, 1.54) is 0 Å². The van der Waals surface area contributed by atoms with Crippen molar-refractivity contribution in [3.63, 3.8) is 0 Å². The van der Waals surface area contributed by atoms with E-state index in [2.05, 4.69) is 9.97 Å². The minimum Gasteiger partial charge on any atom is -0.424 e. The topological polar surface area (TPSA) is 90.5 Å². The Hall–Kier alpha value is -4.56. The molecule has 0 radical (unpaired) electrons. The summed E-state index contributed by atoms with van der Waals surface area (Å²) in [7, 11) is 0. The van der Waals surface area contributed by atoms with Gasteiger partial charge in [-0.3, -0.25) is 14.2 Å². The van der Waals surface area contributed by atoms with Crippen molar-refractivity contribution in [3.8, 4) is 28.3 Å². The number of fused-ring (bicyclic) bond motifs is 1. The average molecular weight is 479 g/mol. The maximum atomic E-state index is 14.0. The molecule has 0 bridgehead atoms. The smallest absolute Gasteiger partial charge is 0.301 e. The monoisotopic (exact) mass is 478 g/mol. The fourth-order valence-corrected chi connectivity index (χ4v) is 4.42. The number of anilines is 1. The first kappa shape index (κ1) is 21.9. The van der Waals surface area contributed by atoms with Crippen molar-refractivity contribution < 1.29 is 9.15 Å². The number of rotatable bonds is 4. The minimum atomic E-state index is -0.568. The lowest BCUT2D eigenvalue weighted by Crippen LogP contribution is -2.37. The molecule has 0 amide bonds. The number of hydrogen-bond donors (Lipinski definition) is 0. The highest BCUT2D eigenvalue weighted by Crippen LogP contribution is 2.31. The molecule has 0 N–H and O–H groups in total. The molecule has 3 aromatic carbocycles. The van der Waals surface area contributed by atoms with Crippen LogP contribution in [-0.2, 0) is 4.74 Å². The molecule has 1 fully saturated rings. The van der Waals surface area contributed by atoms with E-state index in [1.54, 1.807) is 4.57 Å². The lowest BCUT2D eigenvalue weighted by molar-refractivity contribution is 0.120. The number of para-hydroxylation sites is 3. The summed E-state index contributed by atoms with van der Waals surface area (Å²) < 4.78 is 13.3. The largest absolute Gasteiger partial charge is 0.424 e. The quantitative estimate of drug-likeness (QED) is 0.387. The van der Waals surface area contributed by atoms with E-state index < -0.39 is 11.1 Å². The van der Waals surface area contributed by atoms with Crippen LogP contribution in [0.5, 0.6) is 0 Å². The predicted molar refractivity (Wildman–Crippen MR) is 138 cm³/mol. The molecular weight excluding hydrogens is 456 g/mol. The molecule has 8 nitrogen and oxygen atoms in total. The third kappa shape index (κ3) is 3.87. The van der Waals surface area contributed by atoms with Gasteiger partial charge >= 0.3 is 6.01 Å². The van der Waals surface area contributed by atoms with Crippen LogP contribution in [0.25, 0.3) is 39.3 Å². The molecule has 3 heterocycles.